The van der Waals surface area contributed by atoms with E-state index in [0.29, 0.717) is 22.5 Å². The fourth-order valence-corrected chi connectivity index (χ4v) is 2.18. The molecule has 0 radical (unpaired) electrons. The Morgan fingerprint density at radius 3 is 2.71 bits per heavy atom. The van der Waals surface area contributed by atoms with Gasteiger partial charge in [-0.2, -0.15) is 0 Å². The number of aryl methyl sites for hydroxylation is 1. The van der Waals surface area contributed by atoms with Gasteiger partial charge in [-0.3, -0.25) is 4.98 Å². The summed E-state index contributed by atoms with van der Waals surface area (Å²) in [6.45, 7) is 1.59. The number of halogens is 2. The molecule has 1 heterocycles. The molecule has 0 aliphatic rings. The zero-order chi connectivity index (χ0) is 15.0. The smallest absolute Gasteiger partial charge is 0.152 e. The fourth-order valence-electron chi connectivity index (χ4n) is 2.18. The summed E-state index contributed by atoms with van der Waals surface area (Å²) in [6.07, 6.45) is 1.57. The summed E-state index contributed by atoms with van der Waals surface area (Å²) >= 11 is 0. The monoisotopic (exact) mass is 285 g/mol. The molecule has 1 aromatic heterocycles. The predicted molar refractivity (Wildman–Crippen MR) is 80.5 cm³/mol. The van der Waals surface area contributed by atoms with Gasteiger partial charge in [-0.1, -0.05) is 6.07 Å². The molecule has 0 amide bonds. The van der Waals surface area contributed by atoms with E-state index in [0.717, 1.165) is 5.39 Å². The van der Waals surface area contributed by atoms with Crippen molar-refractivity contribution < 1.29 is 8.78 Å². The molecule has 0 aliphatic carbocycles. The average molecular weight is 285 g/mol. The van der Waals surface area contributed by atoms with Crippen molar-refractivity contribution in [3.05, 3.63) is 59.8 Å². The van der Waals surface area contributed by atoms with Crippen molar-refractivity contribution in [3.63, 3.8) is 0 Å². The van der Waals surface area contributed by atoms with Crippen LogP contribution in [0.4, 0.5) is 25.8 Å². The molecule has 2 aromatic carbocycles. The van der Waals surface area contributed by atoms with Crippen LogP contribution in [0.1, 0.15) is 5.56 Å². The van der Waals surface area contributed by atoms with E-state index in [-0.39, 0.29) is 5.69 Å². The Balaban J connectivity index is 2.13. The SMILES string of the molecule is Cc1ccc(F)c(Nc2ccnc3cc(N)ccc23)c1F. The molecule has 0 saturated heterocycles. The van der Waals surface area contributed by atoms with Crippen molar-refractivity contribution >= 4 is 28.0 Å². The third-order valence-electron chi connectivity index (χ3n) is 3.31. The van der Waals surface area contributed by atoms with Crippen molar-refractivity contribution in [1.82, 2.24) is 4.98 Å². The van der Waals surface area contributed by atoms with Crippen LogP contribution in [0, 0.1) is 18.6 Å². The third kappa shape index (κ3) is 2.38. The Hall–Kier alpha value is -2.69. The zero-order valence-electron chi connectivity index (χ0n) is 11.3. The van der Waals surface area contributed by atoms with Crippen LogP contribution in [0.25, 0.3) is 10.9 Å². The third-order valence-corrected chi connectivity index (χ3v) is 3.31. The number of nitrogen functional groups attached to an aromatic ring is 1. The number of benzene rings is 2. The zero-order valence-corrected chi connectivity index (χ0v) is 11.3. The minimum absolute atomic E-state index is 0.167. The van der Waals surface area contributed by atoms with Crippen LogP contribution in [0.3, 0.4) is 0 Å². The number of hydrogen-bond donors (Lipinski definition) is 2. The minimum atomic E-state index is -0.640. The van der Waals surface area contributed by atoms with E-state index >= 15 is 0 Å². The first-order chi connectivity index (χ1) is 10.1. The van der Waals surface area contributed by atoms with E-state index in [1.807, 2.05) is 0 Å². The molecule has 21 heavy (non-hydrogen) atoms. The molecule has 0 fully saturated rings. The van der Waals surface area contributed by atoms with E-state index in [4.69, 9.17) is 5.73 Å². The van der Waals surface area contributed by atoms with Crippen LogP contribution in [0.15, 0.2) is 42.6 Å². The van der Waals surface area contributed by atoms with E-state index in [1.165, 1.54) is 12.1 Å². The Labute approximate surface area is 120 Å². The number of nitrogens with one attached hydrogen (secondary N) is 1. The molecule has 0 atom stereocenters. The van der Waals surface area contributed by atoms with Crippen molar-refractivity contribution in [1.29, 1.82) is 0 Å². The van der Waals surface area contributed by atoms with Crippen molar-refractivity contribution in [3.8, 4) is 0 Å². The van der Waals surface area contributed by atoms with Gasteiger partial charge in [0.05, 0.1) is 5.52 Å². The van der Waals surface area contributed by atoms with Gasteiger partial charge in [-0.05, 0) is 42.8 Å². The first-order valence-electron chi connectivity index (χ1n) is 6.42. The van der Waals surface area contributed by atoms with Gasteiger partial charge in [0.15, 0.2) is 5.82 Å². The Bertz CT molecular complexity index is 831. The summed E-state index contributed by atoms with van der Waals surface area (Å²) in [7, 11) is 0. The molecule has 3 aromatic rings. The molecule has 0 bridgehead atoms. The first-order valence-corrected chi connectivity index (χ1v) is 6.42. The second-order valence-corrected chi connectivity index (χ2v) is 4.81. The Morgan fingerprint density at radius 1 is 1.10 bits per heavy atom. The normalized spacial score (nSPS) is 10.8. The van der Waals surface area contributed by atoms with Crippen molar-refractivity contribution in [2.24, 2.45) is 0 Å². The van der Waals surface area contributed by atoms with Crippen LogP contribution in [-0.4, -0.2) is 4.98 Å². The lowest BCUT2D eigenvalue weighted by Gasteiger charge is -2.12. The highest BCUT2D eigenvalue weighted by Gasteiger charge is 2.13. The summed E-state index contributed by atoms with van der Waals surface area (Å²) < 4.78 is 27.9. The second-order valence-electron chi connectivity index (χ2n) is 4.81. The number of aromatic nitrogens is 1. The van der Waals surface area contributed by atoms with Gasteiger partial charge in [-0.15, -0.1) is 0 Å². The van der Waals surface area contributed by atoms with Crippen molar-refractivity contribution in [2.75, 3.05) is 11.1 Å². The highest BCUT2D eigenvalue weighted by atomic mass is 19.1. The molecule has 5 heteroatoms. The van der Waals surface area contributed by atoms with Gasteiger partial charge in [0.2, 0.25) is 0 Å². The molecule has 0 aliphatic heterocycles. The highest BCUT2D eigenvalue weighted by molar-refractivity contribution is 5.94. The largest absolute Gasteiger partial charge is 0.399 e. The number of anilines is 3. The van der Waals surface area contributed by atoms with Crippen molar-refractivity contribution in [2.45, 2.75) is 6.92 Å². The summed E-state index contributed by atoms with van der Waals surface area (Å²) in [4.78, 5) is 4.20. The Morgan fingerprint density at radius 2 is 1.90 bits per heavy atom. The minimum Gasteiger partial charge on any atom is -0.399 e. The standard InChI is InChI=1S/C16H13F2N3/c1-9-2-5-12(17)16(15(9)18)21-13-6-7-20-14-8-10(19)3-4-11(13)14/h2-8H,19H2,1H3,(H,20,21). The molecule has 3 rings (SSSR count). The van der Waals surface area contributed by atoms with E-state index in [9.17, 15) is 8.78 Å². The average Bonchev–Trinajstić information content (AvgIpc) is 2.47. The van der Waals surface area contributed by atoms with Crippen LogP contribution in [-0.2, 0) is 0 Å². The molecule has 0 saturated carbocycles. The lowest BCUT2D eigenvalue weighted by atomic mass is 10.1. The first kappa shape index (κ1) is 13.3. The molecule has 3 nitrogen and oxygen atoms in total. The summed E-state index contributed by atoms with van der Waals surface area (Å²) in [5.41, 5.74) is 7.74. The van der Waals surface area contributed by atoms with Crippen LogP contribution in [0.5, 0.6) is 0 Å². The number of pyridine rings is 1. The van der Waals surface area contributed by atoms with Crippen LogP contribution in [0.2, 0.25) is 0 Å². The topological polar surface area (TPSA) is 50.9 Å². The van der Waals surface area contributed by atoms with Gasteiger partial charge in [0.25, 0.3) is 0 Å². The highest BCUT2D eigenvalue weighted by Crippen LogP contribution is 2.30. The molecule has 0 spiro atoms. The molecule has 106 valence electrons. The van der Waals surface area contributed by atoms with Gasteiger partial charge < -0.3 is 11.1 Å². The summed E-state index contributed by atoms with van der Waals surface area (Å²) in [5, 5.41) is 3.56. The van der Waals surface area contributed by atoms with Gasteiger partial charge in [0.1, 0.15) is 11.5 Å². The molecular weight excluding hydrogens is 272 g/mol. The summed E-state index contributed by atoms with van der Waals surface area (Å²) in [6, 6.07) is 9.51. The summed E-state index contributed by atoms with van der Waals surface area (Å²) in [5.74, 6) is -1.24. The fraction of sp³-hybridized carbons (Fsp3) is 0.0625. The maximum absolute atomic E-state index is 14.1. The van der Waals surface area contributed by atoms with Crippen LogP contribution < -0.4 is 11.1 Å². The number of hydrogen-bond acceptors (Lipinski definition) is 3. The number of fused-ring (bicyclic) bond motifs is 1. The van der Waals surface area contributed by atoms with Crippen LogP contribution >= 0.6 is 0 Å². The molecular formula is C16H13F2N3. The number of rotatable bonds is 2. The molecule has 0 unspecified atom stereocenters. The lowest BCUT2D eigenvalue weighted by molar-refractivity contribution is 0.585. The molecule has 3 N–H and O–H groups in total. The predicted octanol–water partition coefficient (Wildman–Crippen LogP) is 4.15. The lowest BCUT2D eigenvalue weighted by Crippen LogP contribution is -2.00. The maximum Gasteiger partial charge on any atom is 0.152 e. The second kappa shape index (κ2) is 5.01. The van der Waals surface area contributed by atoms with E-state index in [1.54, 1.807) is 37.4 Å². The number of nitrogens with zero attached hydrogens (tertiary/aromatic N) is 1. The maximum atomic E-state index is 14.1. The van der Waals surface area contributed by atoms with E-state index < -0.39 is 11.6 Å². The van der Waals surface area contributed by atoms with Gasteiger partial charge >= 0.3 is 0 Å². The van der Waals surface area contributed by atoms with Gasteiger partial charge in [0, 0.05) is 23.0 Å². The quantitative estimate of drug-likeness (QED) is 0.695. The van der Waals surface area contributed by atoms with E-state index in [2.05, 4.69) is 10.3 Å². The Kier molecular flexibility index (Phi) is 3.17. The number of nitrogens with two attached hydrogens (primary N) is 1. The van der Waals surface area contributed by atoms with Gasteiger partial charge in [-0.25, -0.2) is 8.78 Å².